The maximum atomic E-state index is 12.1. The van der Waals surface area contributed by atoms with E-state index in [2.05, 4.69) is 10.6 Å². The number of nitrogens with two attached hydrogens (primary N) is 1. The summed E-state index contributed by atoms with van der Waals surface area (Å²) in [5.74, 6) is -1.58. The Labute approximate surface area is 168 Å². The Hall–Kier alpha value is -2.98. The fraction of sp³-hybridized carbons (Fsp3) is 0.250. The topological polar surface area (TPSA) is 137 Å². The van der Waals surface area contributed by atoms with E-state index in [0.717, 1.165) is 9.13 Å². The molecule has 0 radical (unpaired) electrons. The molecule has 0 spiro atoms. The number of rotatable bonds is 6. The van der Waals surface area contributed by atoms with Gasteiger partial charge in [-0.05, 0) is 12.1 Å². The molecule has 0 bridgehead atoms. The van der Waals surface area contributed by atoms with Crippen molar-refractivity contribution in [2.24, 2.45) is 14.1 Å². The average Bonchev–Trinajstić information content (AvgIpc) is 2.66. The molecule has 10 nitrogen and oxygen atoms in total. The molecule has 12 heteroatoms. The molecule has 4 N–H and O–H groups in total. The van der Waals surface area contributed by atoms with E-state index in [-0.39, 0.29) is 27.2 Å². The third-order valence-corrected chi connectivity index (χ3v) is 4.53. The third-order valence-electron chi connectivity index (χ3n) is 3.71. The fourth-order valence-corrected chi connectivity index (χ4v) is 2.52. The molecule has 1 aromatic heterocycles. The number of hydrogen-bond acceptors (Lipinski definition) is 7. The van der Waals surface area contributed by atoms with Crippen molar-refractivity contribution in [2.75, 3.05) is 29.5 Å². The molecule has 2 aromatic rings. The molecular weight excluding hydrogens is 413 g/mol. The number of nitrogen functional groups attached to an aromatic ring is 1. The molecule has 1 aromatic carbocycles. The number of esters is 1. The van der Waals surface area contributed by atoms with Crippen molar-refractivity contribution in [2.45, 2.75) is 0 Å². The molecule has 1 heterocycles. The molecule has 150 valence electrons. The molecule has 2 rings (SSSR count). The van der Waals surface area contributed by atoms with Crippen LogP contribution in [0.15, 0.2) is 27.8 Å². The number of amides is 1. The van der Waals surface area contributed by atoms with E-state index in [9.17, 15) is 19.2 Å². The van der Waals surface area contributed by atoms with Crippen LogP contribution in [0.2, 0.25) is 10.0 Å². The number of nitrogens with one attached hydrogen (secondary N) is 2. The van der Waals surface area contributed by atoms with E-state index in [1.54, 1.807) is 12.1 Å². The quantitative estimate of drug-likeness (QED) is 0.570. The van der Waals surface area contributed by atoms with E-state index in [4.69, 9.17) is 33.7 Å². The van der Waals surface area contributed by atoms with Crippen LogP contribution in [-0.4, -0.2) is 34.2 Å². The molecule has 0 saturated carbocycles. The highest BCUT2D eigenvalue weighted by atomic mass is 35.5. The normalized spacial score (nSPS) is 10.4. The molecule has 0 aliphatic heterocycles. The van der Waals surface area contributed by atoms with Crippen molar-refractivity contribution in [3.8, 4) is 0 Å². The number of carbonyl (C=O) groups is 2. The van der Waals surface area contributed by atoms with Crippen molar-refractivity contribution in [3.63, 3.8) is 0 Å². The highest BCUT2D eigenvalue weighted by Gasteiger charge is 2.15. The first-order valence-electron chi connectivity index (χ1n) is 7.82. The summed E-state index contributed by atoms with van der Waals surface area (Å²) < 4.78 is 6.72. The van der Waals surface area contributed by atoms with Gasteiger partial charge in [0.05, 0.1) is 15.7 Å². The lowest BCUT2D eigenvalue weighted by molar-refractivity contribution is -0.145. The summed E-state index contributed by atoms with van der Waals surface area (Å²) in [7, 11) is 2.66. The highest BCUT2D eigenvalue weighted by molar-refractivity contribution is 6.44. The summed E-state index contributed by atoms with van der Waals surface area (Å²) >= 11 is 11.8. The Bertz CT molecular complexity index is 1050. The molecule has 0 saturated heterocycles. The average molecular weight is 430 g/mol. The molecule has 28 heavy (non-hydrogen) atoms. The van der Waals surface area contributed by atoms with Gasteiger partial charge in [-0.3, -0.25) is 23.5 Å². The zero-order valence-corrected chi connectivity index (χ0v) is 16.4. The number of halogens is 2. The van der Waals surface area contributed by atoms with Crippen LogP contribution in [0.4, 0.5) is 17.2 Å². The van der Waals surface area contributed by atoms with Gasteiger partial charge < -0.3 is 21.1 Å². The van der Waals surface area contributed by atoms with Gasteiger partial charge in [-0.2, -0.15) is 0 Å². The summed E-state index contributed by atoms with van der Waals surface area (Å²) in [4.78, 5) is 47.5. The number of aromatic nitrogens is 2. The van der Waals surface area contributed by atoms with Crippen LogP contribution in [0.25, 0.3) is 0 Å². The second kappa shape index (κ2) is 8.81. The van der Waals surface area contributed by atoms with E-state index < -0.39 is 36.3 Å². The molecule has 0 unspecified atom stereocenters. The second-order valence-electron chi connectivity index (χ2n) is 5.63. The maximum absolute atomic E-state index is 12.1. The van der Waals surface area contributed by atoms with Crippen molar-refractivity contribution >= 4 is 52.3 Å². The van der Waals surface area contributed by atoms with Gasteiger partial charge in [0, 0.05) is 14.1 Å². The van der Waals surface area contributed by atoms with Crippen LogP contribution in [-0.2, 0) is 28.4 Å². The van der Waals surface area contributed by atoms with Crippen molar-refractivity contribution in [1.29, 1.82) is 0 Å². The van der Waals surface area contributed by atoms with E-state index in [1.165, 1.54) is 20.2 Å². The number of nitrogens with zero attached hydrogens (tertiary/aromatic N) is 2. The van der Waals surface area contributed by atoms with Gasteiger partial charge in [-0.25, -0.2) is 4.79 Å². The lowest BCUT2D eigenvalue weighted by atomic mass is 10.3. The van der Waals surface area contributed by atoms with Gasteiger partial charge >= 0.3 is 11.7 Å². The predicted octanol–water partition coefficient (Wildman–Crippen LogP) is 0.567. The zero-order chi connectivity index (χ0) is 21.0. The SMILES string of the molecule is Cn1c(N)c(NCC(=O)OCC(=O)Nc2cccc(Cl)c2Cl)c(=O)n(C)c1=O. The molecule has 0 atom stereocenters. The number of ether oxygens (including phenoxy) is 1. The van der Waals surface area contributed by atoms with Crippen LogP contribution in [0, 0.1) is 0 Å². The van der Waals surface area contributed by atoms with Gasteiger partial charge in [-0.15, -0.1) is 0 Å². The predicted molar refractivity (Wildman–Crippen MR) is 106 cm³/mol. The molecule has 0 aliphatic carbocycles. The Morgan fingerprint density at radius 1 is 1.18 bits per heavy atom. The Balaban J connectivity index is 1.93. The number of hydrogen-bond donors (Lipinski definition) is 3. The van der Waals surface area contributed by atoms with E-state index in [0.29, 0.717) is 0 Å². The highest BCUT2D eigenvalue weighted by Crippen LogP contribution is 2.29. The summed E-state index contributed by atoms with van der Waals surface area (Å²) in [6.45, 7) is -1.02. The lowest BCUT2D eigenvalue weighted by Gasteiger charge is -2.13. The molecule has 0 aliphatic rings. The Kier molecular flexibility index (Phi) is 6.71. The monoisotopic (exact) mass is 429 g/mol. The minimum Gasteiger partial charge on any atom is -0.454 e. The standard InChI is InChI=1S/C16H17Cl2N5O5/c1-22-14(19)13(15(26)23(2)16(22)27)20-6-11(25)28-7-10(24)21-9-5-3-4-8(17)12(9)18/h3-5,20H,6-7,19H2,1-2H3,(H,21,24). The Morgan fingerprint density at radius 2 is 1.86 bits per heavy atom. The number of carbonyl (C=O) groups excluding carboxylic acids is 2. The smallest absolute Gasteiger partial charge is 0.332 e. The van der Waals surface area contributed by atoms with Gasteiger partial charge in [-0.1, -0.05) is 29.3 Å². The molecular formula is C16H17Cl2N5O5. The minimum absolute atomic E-state index is 0.128. The Morgan fingerprint density at radius 3 is 2.54 bits per heavy atom. The summed E-state index contributed by atoms with van der Waals surface area (Å²) in [5.41, 5.74) is 4.57. The van der Waals surface area contributed by atoms with Crippen LogP contribution in [0.5, 0.6) is 0 Å². The van der Waals surface area contributed by atoms with Crippen molar-refractivity contribution < 1.29 is 14.3 Å². The first kappa shape index (κ1) is 21.3. The number of anilines is 3. The minimum atomic E-state index is -0.817. The van der Waals surface area contributed by atoms with E-state index >= 15 is 0 Å². The fourth-order valence-electron chi connectivity index (χ4n) is 2.17. The van der Waals surface area contributed by atoms with Crippen LogP contribution in [0.3, 0.4) is 0 Å². The number of benzene rings is 1. The van der Waals surface area contributed by atoms with Gasteiger partial charge in [0.25, 0.3) is 11.5 Å². The molecule has 0 fully saturated rings. The van der Waals surface area contributed by atoms with Crippen LogP contribution in [0.1, 0.15) is 0 Å². The first-order chi connectivity index (χ1) is 13.1. The maximum Gasteiger partial charge on any atom is 0.332 e. The van der Waals surface area contributed by atoms with E-state index in [1.807, 2.05) is 0 Å². The summed E-state index contributed by atoms with van der Waals surface area (Å²) in [6, 6.07) is 4.69. The van der Waals surface area contributed by atoms with Crippen LogP contribution >= 0.6 is 23.2 Å². The second-order valence-corrected chi connectivity index (χ2v) is 6.41. The van der Waals surface area contributed by atoms with Gasteiger partial charge in [0.2, 0.25) is 0 Å². The summed E-state index contributed by atoms with van der Waals surface area (Å²) in [6.07, 6.45) is 0. The first-order valence-corrected chi connectivity index (χ1v) is 8.58. The third kappa shape index (κ3) is 4.65. The largest absolute Gasteiger partial charge is 0.454 e. The lowest BCUT2D eigenvalue weighted by Crippen LogP contribution is -2.40. The van der Waals surface area contributed by atoms with Crippen LogP contribution < -0.4 is 27.6 Å². The van der Waals surface area contributed by atoms with Crippen molar-refractivity contribution in [1.82, 2.24) is 9.13 Å². The van der Waals surface area contributed by atoms with Gasteiger partial charge in [0.15, 0.2) is 6.61 Å². The zero-order valence-electron chi connectivity index (χ0n) is 14.9. The van der Waals surface area contributed by atoms with Gasteiger partial charge in [0.1, 0.15) is 18.1 Å². The summed E-state index contributed by atoms with van der Waals surface area (Å²) in [5, 5.41) is 5.39. The van der Waals surface area contributed by atoms with Crippen molar-refractivity contribution in [3.05, 3.63) is 49.1 Å². The molecule has 1 amide bonds.